The van der Waals surface area contributed by atoms with Gasteiger partial charge in [-0.25, -0.2) is 0 Å². The van der Waals surface area contributed by atoms with Crippen molar-refractivity contribution < 1.29 is 4.18 Å². The van der Waals surface area contributed by atoms with Gasteiger partial charge in [-0.1, -0.05) is 0 Å². The van der Waals surface area contributed by atoms with Crippen molar-refractivity contribution in [1.29, 1.82) is 0 Å². The Kier molecular flexibility index (Phi) is 6.58. The lowest BCUT2D eigenvalue weighted by Crippen LogP contribution is -2.14. The van der Waals surface area contributed by atoms with E-state index in [-0.39, 0.29) is 0 Å². The first-order valence-electron chi connectivity index (χ1n) is 3.16. The van der Waals surface area contributed by atoms with Crippen LogP contribution in [0.4, 0.5) is 0 Å². The molecule has 0 fully saturated rings. The van der Waals surface area contributed by atoms with Crippen LogP contribution < -0.4 is 0 Å². The Morgan fingerprint density at radius 1 is 1.44 bits per heavy atom. The maximum atomic E-state index is 5.07. The molecule has 0 aliphatic rings. The normalized spacial score (nSPS) is 10.7. The molecular weight excluding hydrogens is 134 g/mol. The summed E-state index contributed by atoms with van der Waals surface area (Å²) in [5, 5.41) is 0. The highest BCUT2D eigenvalue weighted by Crippen LogP contribution is 2.00. The van der Waals surface area contributed by atoms with Gasteiger partial charge in [0.1, 0.15) is 0 Å². The Bertz CT molecular complexity index is 59.0. The molecule has 0 aliphatic carbocycles. The SMILES string of the molecule is CCOSCCN(C)C. The minimum Gasteiger partial charge on any atom is -0.316 e. The summed E-state index contributed by atoms with van der Waals surface area (Å²) < 4.78 is 5.07. The molecule has 0 bridgehead atoms. The summed E-state index contributed by atoms with van der Waals surface area (Å²) in [5.74, 6) is 1.06. The van der Waals surface area contributed by atoms with Gasteiger partial charge in [-0.3, -0.25) is 0 Å². The van der Waals surface area contributed by atoms with Gasteiger partial charge in [0.15, 0.2) is 0 Å². The predicted molar refractivity (Wildman–Crippen MR) is 42.6 cm³/mol. The van der Waals surface area contributed by atoms with E-state index in [2.05, 4.69) is 19.0 Å². The first-order valence-corrected chi connectivity index (χ1v) is 4.07. The minimum absolute atomic E-state index is 0.804. The highest BCUT2D eigenvalue weighted by molar-refractivity contribution is 7.94. The van der Waals surface area contributed by atoms with Crippen LogP contribution >= 0.6 is 12.0 Å². The van der Waals surface area contributed by atoms with Gasteiger partial charge in [0.05, 0.1) is 6.61 Å². The van der Waals surface area contributed by atoms with Crippen molar-refractivity contribution in [3.05, 3.63) is 0 Å². The molecule has 0 unspecified atom stereocenters. The van der Waals surface area contributed by atoms with Crippen LogP contribution in [0.1, 0.15) is 6.92 Å². The molecule has 56 valence electrons. The zero-order valence-electron chi connectivity index (χ0n) is 6.39. The van der Waals surface area contributed by atoms with Crippen LogP contribution in [0.25, 0.3) is 0 Å². The van der Waals surface area contributed by atoms with Gasteiger partial charge in [-0.15, -0.1) is 0 Å². The van der Waals surface area contributed by atoms with Crippen LogP contribution in [0.2, 0.25) is 0 Å². The third-order valence-electron chi connectivity index (χ3n) is 0.823. The molecule has 0 aromatic heterocycles. The summed E-state index contributed by atoms with van der Waals surface area (Å²) in [6.45, 7) is 3.89. The van der Waals surface area contributed by atoms with Crippen LogP contribution in [-0.2, 0) is 4.18 Å². The third-order valence-corrected chi connectivity index (χ3v) is 1.57. The highest BCUT2D eigenvalue weighted by Gasteiger charge is 1.89. The molecule has 9 heavy (non-hydrogen) atoms. The second-order valence-corrected chi connectivity index (χ2v) is 2.91. The summed E-state index contributed by atoms with van der Waals surface area (Å²) in [7, 11) is 4.12. The van der Waals surface area contributed by atoms with E-state index in [0.717, 1.165) is 18.9 Å². The molecule has 0 N–H and O–H groups in total. The zero-order valence-corrected chi connectivity index (χ0v) is 7.20. The molecule has 3 heteroatoms. The van der Waals surface area contributed by atoms with Gasteiger partial charge in [-0.05, 0) is 33.1 Å². The quantitative estimate of drug-likeness (QED) is 0.431. The van der Waals surface area contributed by atoms with Gasteiger partial charge in [0, 0.05) is 12.3 Å². The monoisotopic (exact) mass is 149 g/mol. The zero-order chi connectivity index (χ0) is 7.11. The maximum Gasteiger partial charge on any atom is 0.0585 e. The Morgan fingerprint density at radius 3 is 2.56 bits per heavy atom. The van der Waals surface area contributed by atoms with E-state index >= 15 is 0 Å². The Balaban J connectivity index is 2.75. The van der Waals surface area contributed by atoms with Gasteiger partial charge < -0.3 is 9.08 Å². The van der Waals surface area contributed by atoms with E-state index in [9.17, 15) is 0 Å². The van der Waals surface area contributed by atoms with Gasteiger partial charge in [0.25, 0.3) is 0 Å². The summed E-state index contributed by atoms with van der Waals surface area (Å²) in [4.78, 5) is 2.14. The van der Waals surface area contributed by atoms with E-state index in [4.69, 9.17) is 4.18 Å². The molecule has 2 nitrogen and oxygen atoms in total. The first-order chi connectivity index (χ1) is 4.27. The summed E-state index contributed by atoms with van der Waals surface area (Å²) >= 11 is 1.54. The van der Waals surface area contributed by atoms with Gasteiger partial charge in [0.2, 0.25) is 0 Å². The van der Waals surface area contributed by atoms with Crippen molar-refractivity contribution in [3.8, 4) is 0 Å². The molecule has 0 heterocycles. The number of hydrogen-bond donors (Lipinski definition) is 0. The van der Waals surface area contributed by atoms with Crippen molar-refractivity contribution in [2.24, 2.45) is 0 Å². The van der Waals surface area contributed by atoms with Gasteiger partial charge >= 0.3 is 0 Å². The van der Waals surface area contributed by atoms with Crippen LogP contribution in [0, 0.1) is 0 Å². The Labute approximate surface area is 61.8 Å². The lowest BCUT2D eigenvalue weighted by atomic mass is 10.7. The molecule has 0 aliphatic heterocycles. The van der Waals surface area contributed by atoms with Crippen molar-refractivity contribution in [2.45, 2.75) is 6.92 Å². The van der Waals surface area contributed by atoms with Crippen molar-refractivity contribution >= 4 is 12.0 Å². The third kappa shape index (κ3) is 8.27. The van der Waals surface area contributed by atoms with E-state index < -0.39 is 0 Å². The first kappa shape index (κ1) is 9.27. The van der Waals surface area contributed by atoms with Crippen molar-refractivity contribution in [1.82, 2.24) is 4.90 Å². The van der Waals surface area contributed by atoms with Crippen molar-refractivity contribution in [3.63, 3.8) is 0 Å². The van der Waals surface area contributed by atoms with E-state index in [1.165, 1.54) is 12.0 Å². The topological polar surface area (TPSA) is 12.5 Å². The molecule has 0 saturated heterocycles. The second-order valence-electron chi connectivity index (χ2n) is 2.03. The van der Waals surface area contributed by atoms with E-state index in [1.807, 2.05) is 6.92 Å². The summed E-state index contributed by atoms with van der Waals surface area (Å²) in [6, 6.07) is 0. The minimum atomic E-state index is 0.804. The van der Waals surface area contributed by atoms with Crippen molar-refractivity contribution in [2.75, 3.05) is 33.0 Å². The maximum absolute atomic E-state index is 5.07. The lowest BCUT2D eigenvalue weighted by Gasteiger charge is -2.07. The molecule has 0 rings (SSSR count). The largest absolute Gasteiger partial charge is 0.316 e. The fourth-order valence-electron chi connectivity index (χ4n) is 0.362. The fraction of sp³-hybridized carbons (Fsp3) is 1.00. The second kappa shape index (κ2) is 6.39. The smallest absolute Gasteiger partial charge is 0.0585 e. The average Bonchev–Trinajstić information content (AvgIpc) is 1.80. The predicted octanol–water partition coefficient (Wildman–Crippen LogP) is 1.23. The van der Waals surface area contributed by atoms with Crippen LogP contribution in [0.3, 0.4) is 0 Å². The molecule has 0 saturated carbocycles. The summed E-state index contributed by atoms with van der Waals surface area (Å²) in [6.07, 6.45) is 0. The molecule has 0 aromatic rings. The fourth-order valence-corrected chi connectivity index (χ4v) is 1.09. The summed E-state index contributed by atoms with van der Waals surface area (Å²) in [5.41, 5.74) is 0. The Morgan fingerprint density at radius 2 is 2.11 bits per heavy atom. The molecular formula is C6H15NOS. The molecule has 0 amide bonds. The van der Waals surface area contributed by atoms with E-state index in [0.29, 0.717) is 0 Å². The van der Waals surface area contributed by atoms with Crippen LogP contribution in [-0.4, -0.2) is 37.9 Å². The van der Waals surface area contributed by atoms with Crippen LogP contribution in [0.15, 0.2) is 0 Å². The Hall–Kier alpha value is 0.270. The molecule has 0 atom stereocenters. The molecule has 0 aromatic carbocycles. The molecule has 0 radical (unpaired) electrons. The standard InChI is InChI=1S/C6H15NOS/c1-4-8-9-6-5-7(2)3/h4-6H2,1-3H3. The molecule has 0 spiro atoms. The number of rotatable bonds is 5. The highest BCUT2D eigenvalue weighted by atomic mass is 32.2. The number of nitrogens with zero attached hydrogens (tertiary/aromatic N) is 1. The van der Waals surface area contributed by atoms with E-state index in [1.54, 1.807) is 0 Å². The van der Waals surface area contributed by atoms with Crippen LogP contribution in [0.5, 0.6) is 0 Å². The van der Waals surface area contributed by atoms with Gasteiger partial charge in [-0.2, -0.15) is 0 Å². The number of hydrogen-bond acceptors (Lipinski definition) is 3. The lowest BCUT2D eigenvalue weighted by molar-refractivity contribution is 0.392. The average molecular weight is 149 g/mol.